The number of aryl methyl sites for hydroxylation is 3. The number of benzene rings is 1. The summed E-state index contributed by atoms with van der Waals surface area (Å²) in [5.41, 5.74) is 1.40. The van der Waals surface area contributed by atoms with Gasteiger partial charge in [0, 0.05) is 4.88 Å². The van der Waals surface area contributed by atoms with E-state index in [0.29, 0.717) is 23.5 Å². The number of hydrogen-bond acceptors (Lipinski definition) is 5. The molecule has 0 spiro atoms. The zero-order chi connectivity index (χ0) is 19.7. The van der Waals surface area contributed by atoms with Gasteiger partial charge in [-0.25, -0.2) is 9.59 Å². The molecule has 2 aromatic rings. The van der Waals surface area contributed by atoms with Gasteiger partial charge < -0.3 is 10.1 Å². The van der Waals surface area contributed by atoms with E-state index in [2.05, 4.69) is 10.6 Å². The minimum absolute atomic E-state index is 0.304. The summed E-state index contributed by atoms with van der Waals surface area (Å²) in [7, 11) is 0. The fourth-order valence-corrected chi connectivity index (χ4v) is 4.75. The predicted molar refractivity (Wildman–Crippen MR) is 106 cm³/mol. The number of fused-ring (bicyclic) bond motifs is 1. The maximum Gasteiger partial charge on any atom is 0.353 e. The lowest BCUT2D eigenvalue weighted by atomic mass is 9.93. The van der Waals surface area contributed by atoms with Gasteiger partial charge in [-0.05, 0) is 74.8 Å². The third-order valence-corrected chi connectivity index (χ3v) is 6.58. The number of amides is 3. The summed E-state index contributed by atoms with van der Waals surface area (Å²) in [5.74, 6) is -0.120. The topological polar surface area (TPSA) is 84.5 Å². The lowest BCUT2D eigenvalue weighted by molar-refractivity contribution is -0.123. The first-order chi connectivity index (χ1) is 13.4. The van der Waals surface area contributed by atoms with Gasteiger partial charge in [-0.2, -0.15) is 0 Å². The Morgan fingerprint density at radius 1 is 1.18 bits per heavy atom. The molecule has 4 rings (SSSR count). The fourth-order valence-electron chi connectivity index (χ4n) is 3.62. The second-order valence-electron chi connectivity index (χ2n) is 7.54. The Balaban J connectivity index is 1.35. The van der Waals surface area contributed by atoms with Crippen molar-refractivity contribution in [1.82, 2.24) is 10.6 Å². The molecule has 1 aromatic carbocycles. The summed E-state index contributed by atoms with van der Waals surface area (Å²) in [6.07, 6.45) is 5.59. The molecule has 0 saturated carbocycles. The highest BCUT2D eigenvalue weighted by Gasteiger charge is 2.41. The van der Waals surface area contributed by atoms with Crippen LogP contribution in [0.15, 0.2) is 30.3 Å². The molecule has 6 nitrogen and oxygen atoms in total. The third-order valence-electron chi connectivity index (χ3n) is 5.36. The van der Waals surface area contributed by atoms with Crippen LogP contribution in [0.5, 0.6) is 5.75 Å². The van der Waals surface area contributed by atoms with E-state index in [1.165, 1.54) is 23.3 Å². The maximum absolute atomic E-state index is 12.4. The van der Waals surface area contributed by atoms with E-state index in [9.17, 15) is 14.4 Å². The number of esters is 1. The number of imide groups is 1. The summed E-state index contributed by atoms with van der Waals surface area (Å²) < 4.78 is 5.51. The molecular formula is C21H22N2O4S. The Morgan fingerprint density at radius 3 is 2.61 bits per heavy atom. The molecule has 2 heterocycles. The van der Waals surface area contributed by atoms with Crippen LogP contribution in [0.2, 0.25) is 0 Å². The number of nitrogens with one attached hydrogen (secondary N) is 2. The van der Waals surface area contributed by atoms with Crippen molar-refractivity contribution in [2.75, 3.05) is 0 Å². The van der Waals surface area contributed by atoms with Gasteiger partial charge in [-0.15, -0.1) is 11.3 Å². The lowest BCUT2D eigenvalue weighted by Gasteiger charge is -2.20. The summed E-state index contributed by atoms with van der Waals surface area (Å²) in [6.45, 7) is 1.71. The Bertz CT molecular complexity index is 911. The molecule has 0 radical (unpaired) electrons. The van der Waals surface area contributed by atoms with E-state index < -0.39 is 11.6 Å². The normalized spacial score (nSPS) is 21.0. The van der Waals surface area contributed by atoms with Gasteiger partial charge in [0.05, 0.1) is 0 Å². The van der Waals surface area contributed by atoms with E-state index in [0.717, 1.165) is 18.4 Å². The molecule has 1 saturated heterocycles. The molecule has 7 heteroatoms. The number of rotatable bonds is 5. The Kier molecular flexibility index (Phi) is 4.93. The van der Waals surface area contributed by atoms with Crippen LogP contribution in [0.3, 0.4) is 0 Å². The molecule has 0 bridgehead atoms. The molecule has 1 aliphatic heterocycles. The van der Waals surface area contributed by atoms with Crippen molar-refractivity contribution in [2.45, 2.75) is 51.0 Å². The minimum atomic E-state index is -0.888. The third kappa shape index (κ3) is 3.80. The standard InChI is InChI=1S/C21H22N2O4S/c1-21(19(25)22-20(26)23-21)11-10-13-6-8-15(9-7-13)27-18(24)17-12-14-4-2-3-5-16(14)28-17/h6-9,12H,2-5,10-11H2,1H3,(H2,22,23,25,26)/t21-/m0/s1. The quantitative estimate of drug-likeness (QED) is 0.459. The minimum Gasteiger partial charge on any atom is -0.422 e. The summed E-state index contributed by atoms with van der Waals surface area (Å²) in [5, 5.41) is 4.92. The molecule has 2 N–H and O–H groups in total. The first kappa shape index (κ1) is 18.7. The zero-order valence-corrected chi connectivity index (χ0v) is 16.5. The second kappa shape index (κ2) is 7.39. The van der Waals surface area contributed by atoms with Crippen molar-refractivity contribution in [3.63, 3.8) is 0 Å². The maximum atomic E-state index is 12.4. The van der Waals surface area contributed by atoms with E-state index in [1.54, 1.807) is 30.4 Å². The molecule has 146 valence electrons. The average molecular weight is 398 g/mol. The number of carbonyl (C=O) groups excluding carboxylic acids is 3. The largest absolute Gasteiger partial charge is 0.422 e. The number of hydrogen-bond donors (Lipinski definition) is 2. The number of ether oxygens (including phenoxy) is 1. The summed E-state index contributed by atoms with van der Waals surface area (Å²) >= 11 is 1.54. The van der Waals surface area contributed by atoms with E-state index in [1.807, 2.05) is 18.2 Å². The summed E-state index contributed by atoms with van der Waals surface area (Å²) in [4.78, 5) is 37.6. The van der Waals surface area contributed by atoms with Crippen molar-refractivity contribution in [3.05, 3.63) is 51.2 Å². The monoisotopic (exact) mass is 398 g/mol. The number of thiophene rings is 1. The van der Waals surface area contributed by atoms with Crippen LogP contribution in [0.4, 0.5) is 4.79 Å². The first-order valence-corrected chi connectivity index (χ1v) is 10.3. The van der Waals surface area contributed by atoms with Gasteiger partial charge in [-0.3, -0.25) is 10.1 Å². The van der Waals surface area contributed by atoms with Crippen LogP contribution >= 0.6 is 11.3 Å². The highest BCUT2D eigenvalue weighted by atomic mass is 32.1. The summed E-state index contributed by atoms with van der Waals surface area (Å²) in [6, 6.07) is 8.79. The molecule has 3 amide bonds. The van der Waals surface area contributed by atoms with E-state index in [4.69, 9.17) is 4.74 Å². The van der Waals surface area contributed by atoms with Gasteiger partial charge in [0.25, 0.3) is 5.91 Å². The molecule has 2 aliphatic rings. The molecule has 1 aromatic heterocycles. The average Bonchev–Trinajstić information content (AvgIpc) is 3.22. The van der Waals surface area contributed by atoms with E-state index in [-0.39, 0.29) is 11.9 Å². The van der Waals surface area contributed by atoms with Gasteiger partial charge >= 0.3 is 12.0 Å². The predicted octanol–water partition coefficient (Wildman–Crippen LogP) is 3.38. The van der Waals surface area contributed by atoms with Crippen LogP contribution in [0.25, 0.3) is 0 Å². The zero-order valence-electron chi connectivity index (χ0n) is 15.7. The van der Waals surface area contributed by atoms with E-state index >= 15 is 0 Å². The van der Waals surface area contributed by atoms with Crippen LogP contribution in [0.1, 0.15) is 51.9 Å². The Morgan fingerprint density at radius 2 is 1.93 bits per heavy atom. The van der Waals surface area contributed by atoms with Crippen molar-refractivity contribution in [3.8, 4) is 5.75 Å². The second-order valence-corrected chi connectivity index (χ2v) is 8.68. The van der Waals surface area contributed by atoms with Crippen LogP contribution in [-0.2, 0) is 24.1 Å². The molecule has 1 atom stereocenters. The van der Waals surface area contributed by atoms with Crippen molar-refractivity contribution in [2.24, 2.45) is 0 Å². The Hall–Kier alpha value is -2.67. The van der Waals surface area contributed by atoms with Crippen LogP contribution in [0, 0.1) is 0 Å². The van der Waals surface area contributed by atoms with Gasteiger partial charge in [0.1, 0.15) is 16.2 Å². The smallest absolute Gasteiger partial charge is 0.353 e. The number of carbonyl (C=O) groups is 3. The first-order valence-electron chi connectivity index (χ1n) is 9.49. The van der Waals surface area contributed by atoms with Gasteiger partial charge in [0.15, 0.2) is 0 Å². The molecule has 0 unspecified atom stereocenters. The highest BCUT2D eigenvalue weighted by Crippen LogP contribution is 2.30. The van der Waals surface area contributed by atoms with Crippen molar-refractivity contribution < 1.29 is 19.1 Å². The molecule has 28 heavy (non-hydrogen) atoms. The van der Waals surface area contributed by atoms with Gasteiger partial charge in [-0.1, -0.05) is 12.1 Å². The highest BCUT2D eigenvalue weighted by molar-refractivity contribution is 7.14. The van der Waals surface area contributed by atoms with Crippen molar-refractivity contribution in [1.29, 1.82) is 0 Å². The Labute approximate surface area is 167 Å². The molecular weight excluding hydrogens is 376 g/mol. The fraction of sp³-hybridized carbons (Fsp3) is 0.381. The van der Waals surface area contributed by atoms with Crippen molar-refractivity contribution >= 4 is 29.2 Å². The number of urea groups is 1. The van der Waals surface area contributed by atoms with Gasteiger partial charge in [0.2, 0.25) is 0 Å². The molecule has 1 fully saturated rings. The lowest BCUT2D eigenvalue weighted by Crippen LogP contribution is -2.43. The van der Waals surface area contributed by atoms with Crippen LogP contribution < -0.4 is 15.4 Å². The SMILES string of the molecule is C[C@@]1(CCc2ccc(OC(=O)c3cc4c(s3)CCCC4)cc2)NC(=O)NC1=O. The molecule has 1 aliphatic carbocycles. The van der Waals surface area contributed by atoms with Crippen LogP contribution in [-0.4, -0.2) is 23.4 Å².